The van der Waals surface area contributed by atoms with Crippen LogP contribution in [0.1, 0.15) is 97.1 Å². The first-order chi connectivity index (χ1) is 28.4. The zero-order chi connectivity index (χ0) is 45.0. The van der Waals surface area contributed by atoms with Gasteiger partial charge in [0.05, 0.1) is 29.6 Å². The van der Waals surface area contributed by atoms with E-state index in [4.69, 9.17) is 28.4 Å². The number of fused-ring (bicyclic) bond motifs is 5. The summed E-state index contributed by atoms with van der Waals surface area (Å²) in [5, 5.41) is 40.3. The Balaban J connectivity index is 0.00000726. The normalized spacial score (nSPS) is 32.0. The molecule has 3 fully saturated rings. The summed E-state index contributed by atoms with van der Waals surface area (Å²) in [6.45, 7) is 12.8. The van der Waals surface area contributed by atoms with E-state index in [2.05, 4.69) is 5.32 Å². The fraction of sp³-hybridized carbons (Fsp3) is 0.556. The lowest BCUT2D eigenvalue weighted by molar-refractivity contribution is -0.346. The van der Waals surface area contributed by atoms with Crippen LogP contribution in [0.25, 0.3) is 0 Å². The highest BCUT2D eigenvalue weighted by molar-refractivity contribution is 7.59. The Kier molecular flexibility index (Phi) is 13.5. The number of benzene rings is 2. The van der Waals surface area contributed by atoms with E-state index in [0.29, 0.717) is 5.56 Å². The van der Waals surface area contributed by atoms with Gasteiger partial charge in [-0.2, -0.15) is 13.5 Å². The molecule has 0 aromatic heterocycles. The number of ketones is 1. The van der Waals surface area contributed by atoms with Gasteiger partial charge in [0, 0.05) is 32.1 Å². The summed E-state index contributed by atoms with van der Waals surface area (Å²) in [5.74, 6) is -6.29. The summed E-state index contributed by atoms with van der Waals surface area (Å²) in [6.07, 6.45) is -11.5. The van der Waals surface area contributed by atoms with E-state index in [1.165, 1.54) is 39.8 Å². The van der Waals surface area contributed by atoms with Crippen LogP contribution in [-0.4, -0.2) is 111 Å². The number of esters is 4. The largest absolute Gasteiger partial charge is 0.455 e. The number of aliphatic hydroxyl groups is 3. The Morgan fingerprint density at radius 1 is 0.903 bits per heavy atom. The molecule has 2 aromatic rings. The Hall–Kier alpha value is -4.81. The molecule has 4 N–H and O–H groups in total. The van der Waals surface area contributed by atoms with Gasteiger partial charge in [-0.25, -0.2) is 14.4 Å². The molecule has 2 saturated carbocycles. The minimum Gasteiger partial charge on any atom is -0.455 e. The van der Waals surface area contributed by atoms with Gasteiger partial charge in [0.15, 0.2) is 11.4 Å². The summed E-state index contributed by atoms with van der Waals surface area (Å²) in [5.41, 5.74) is -8.34. The van der Waals surface area contributed by atoms with Crippen molar-refractivity contribution < 1.29 is 72.5 Å². The highest BCUT2D eigenvalue weighted by Gasteiger charge is 2.78. The SMILES string of the molecule is CC(=O)O[C@@H](C(=O)O[C@H]1C[C@@]2(O)[C@@H](OC(=O)c3ccccc3)C3[C@](C)(C(=O)[C@H](O)C(=C1C)C2(C)C)[C@@H](O)C[C@H]1OC[C@@]31OC(C)=O)[C@@H](NC(=O)OC(C)(C)C)c1ccccc1.S. The number of carbonyl (C=O) groups is 6. The Labute approximate surface area is 367 Å². The third-order valence-electron chi connectivity index (χ3n) is 12.8. The molecule has 3 aliphatic carbocycles. The van der Waals surface area contributed by atoms with Gasteiger partial charge in [-0.15, -0.1) is 0 Å². The van der Waals surface area contributed by atoms with Crippen molar-refractivity contribution in [2.24, 2.45) is 16.7 Å². The third kappa shape index (κ3) is 8.37. The molecule has 4 aliphatic rings. The number of hydrogen-bond acceptors (Lipinski definition) is 15. The number of amides is 1. The minimum absolute atomic E-state index is 0. The lowest BCUT2D eigenvalue weighted by Crippen LogP contribution is -2.81. The van der Waals surface area contributed by atoms with E-state index in [-0.39, 0.29) is 43.2 Å². The predicted molar refractivity (Wildman–Crippen MR) is 224 cm³/mol. The van der Waals surface area contributed by atoms with Crippen LogP contribution in [0, 0.1) is 16.7 Å². The lowest BCUT2D eigenvalue weighted by atomic mass is 9.44. The summed E-state index contributed by atoms with van der Waals surface area (Å²) in [7, 11) is 0. The molecule has 1 heterocycles. The highest BCUT2D eigenvalue weighted by Crippen LogP contribution is 2.64. The van der Waals surface area contributed by atoms with Crippen molar-refractivity contribution in [3.05, 3.63) is 82.9 Å². The molecular weight excluding hydrogens is 827 g/mol. The van der Waals surface area contributed by atoms with E-state index in [1.54, 1.807) is 69.3 Å². The number of alkyl carbamates (subject to hydrolysis) is 1. The van der Waals surface area contributed by atoms with E-state index < -0.39 is 118 Å². The number of carbonyl (C=O) groups excluding carboxylic acids is 6. The van der Waals surface area contributed by atoms with Crippen molar-refractivity contribution >= 4 is 49.2 Å². The molecule has 11 atom stereocenters. The van der Waals surface area contributed by atoms with Gasteiger partial charge in [-0.1, -0.05) is 62.4 Å². The summed E-state index contributed by atoms with van der Waals surface area (Å²) in [6, 6.07) is 14.6. The molecule has 6 rings (SSSR count). The van der Waals surface area contributed by atoms with Crippen LogP contribution < -0.4 is 5.32 Å². The average molecular weight is 884 g/mol. The Morgan fingerprint density at radius 2 is 1.50 bits per heavy atom. The van der Waals surface area contributed by atoms with Gasteiger partial charge in [-0.3, -0.25) is 14.4 Å². The quantitative estimate of drug-likeness (QED) is 0.159. The van der Waals surface area contributed by atoms with Gasteiger partial charge >= 0.3 is 30.0 Å². The number of rotatable bonds is 9. The van der Waals surface area contributed by atoms with E-state index in [0.717, 1.165) is 13.8 Å². The van der Waals surface area contributed by atoms with Crippen molar-refractivity contribution in [1.82, 2.24) is 5.32 Å². The fourth-order valence-electron chi connectivity index (χ4n) is 9.84. The highest BCUT2D eigenvalue weighted by atomic mass is 32.1. The average Bonchev–Trinajstić information content (AvgIpc) is 3.17. The molecule has 338 valence electrons. The smallest absolute Gasteiger partial charge is 0.408 e. The van der Waals surface area contributed by atoms with Crippen LogP contribution in [0.3, 0.4) is 0 Å². The van der Waals surface area contributed by atoms with Gasteiger partial charge in [0.2, 0.25) is 6.10 Å². The van der Waals surface area contributed by atoms with Gasteiger partial charge in [0.1, 0.15) is 41.7 Å². The first-order valence-corrected chi connectivity index (χ1v) is 20.2. The van der Waals surface area contributed by atoms with Crippen molar-refractivity contribution in [2.75, 3.05) is 6.61 Å². The predicted octanol–water partition coefficient (Wildman–Crippen LogP) is 3.94. The molecule has 1 amide bonds. The molecule has 0 spiro atoms. The standard InChI is InChI=1S/C45H55NO15.H2S/c1-23-28(58-39(53)34(57-24(2)47)32(26-16-12-10-13-17-26)46-40(54)61-41(4,5)6)21-45(55)37(59-38(52)27-18-14-11-15-19-27)35-43(9,36(51)33(50)31(23)42(45,7)8)29(49)20-30-44(35,22-56-30)60-25(3)48;/h10-19,28-30,32-35,37,49-50,55H,20-22H2,1-9H3,(H,46,54);1H2/t28-,29-,30+,32-,33+,34+,35?,37-,43+,44-,45+;/m0./s1. The third-order valence-corrected chi connectivity index (χ3v) is 12.8. The number of Topliss-reactive ketones (excluding diaryl/α,β-unsaturated/α-hetero) is 1. The summed E-state index contributed by atoms with van der Waals surface area (Å²) >= 11 is 0. The Bertz CT molecular complexity index is 2100. The van der Waals surface area contributed by atoms with Crippen molar-refractivity contribution in [1.29, 1.82) is 0 Å². The van der Waals surface area contributed by atoms with Gasteiger partial charge in [-0.05, 0) is 63.5 Å². The summed E-state index contributed by atoms with van der Waals surface area (Å²) < 4.78 is 35.4. The summed E-state index contributed by atoms with van der Waals surface area (Å²) in [4.78, 5) is 82.6. The molecule has 0 radical (unpaired) electrons. The first-order valence-electron chi connectivity index (χ1n) is 20.2. The molecule has 16 nitrogen and oxygen atoms in total. The van der Waals surface area contributed by atoms with Crippen molar-refractivity contribution in [3.63, 3.8) is 0 Å². The molecular formula is C45H57NO15S. The molecule has 1 unspecified atom stereocenters. The van der Waals surface area contributed by atoms with Crippen molar-refractivity contribution in [2.45, 2.75) is 135 Å². The maximum absolute atomic E-state index is 15.0. The minimum atomic E-state index is -2.39. The Morgan fingerprint density at radius 3 is 2.03 bits per heavy atom. The van der Waals surface area contributed by atoms with Crippen LogP contribution in [0.2, 0.25) is 0 Å². The second-order valence-electron chi connectivity index (χ2n) is 18.2. The molecule has 62 heavy (non-hydrogen) atoms. The molecule has 17 heteroatoms. The number of nitrogens with one attached hydrogen (secondary N) is 1. The molecule has 1 aliphatic heterocycles. The number of hydrogen-bond donors (Lipinski definition) is 4. The monoisotopic (exact) mass is 883 g/mol. The van der Waals surface area contributed by atoms with Crippen LogP contribution in [0.5, 0.6) is 0 Å². The number of ether oxygens (including phenoxy) is 6. The molecule has 2 aromatic carbocycles. The molecule has 2 bridgehead atoms. The van der Waals surface area contributed by atoms with E-state index in [1.807, 2.05) is 0 Å². The zero-order valence-corrected chi connectivity index (χ0v) is 37.3. The second kappa shape index (κ2) is 17.4. The van der Waals surface area contributed by atoms with Gasteiger partial charge in [0.25, 0.3) is 0 Å². The number of aliphatic hydroxyl groups excluding tert-OH is 2. The zero-order valence-electron chi connectivity index (χ0n) is 36.3. The van der Waals surface area contributed by atoms with E-state index >= 15 is 4.79 Å². The van der Waals surface area contributed by atoms with Crippen LogP contribution in [-0.2, 0) is 47.6 Å². The maximum Gasteiger partial charge on any atom is 0.408 e. The lowest BCUT2D eigenvalue weighted by Gasteiger charge is -2.67. The van der Waals surface area contributed by atoms with Crippen LogP contribution in [0.4, 0.5) is 4.79 Å². The molecule has 1 saturated heterocycles. The van der Waals surface area contributed by atoms with Crippen LogP contribution in [0.15, 0.2) is 71.8 Å². The fourth-order valence-corrected chi connectivity index (χ4v) is 9.84. The van der Waals surface area contributed by atoms with Crippen molar-refractivity contribution in [3.8, 4) is 0 Å². The topological polar surface area (TPSA) is 231 Å². The second-order valence-corrected chi connectivity index (χ2v) is 18.2. The van der Waals surface area contributed by atoms with Crippen LogP contribution >= 0.6 is 13.5 Å². The first kappa shape index (κ1) is 48.2. The van der Waals surface area contributed by atoms with E-state index in [9.17, 15) is 39.3 Å². The maximum atomic E-state index is 15.0. The van der Waals surface area contributed by atoms with Gasteiger partial charge < -0.3 is 49.1 Å².